The van der Waals surface area contributed by atoms with E-state index < -0.39 is 0 Å². The molecule has 2 aliphatic heterocycles. The number of carbonyl (C=O) groups is 1. The average Bonchev–Trinajstić information content (AvgIpc) is 3.05. The second-order valence-corrected chi connectivity index (χ2v) is 8.05. The molecule has 2 saturated heterocycles. The van der Waals surface area contributed by atoms with Gasteiger partial charge in [0, 0.05) is 24.5 Å². The third kappa shape index (κ3) is 3.63. The van der Waals surface area contributed by atoms with Crippen molar-refractivity contribution in [3.8, 4) is 0 Å². The fraction of sp³-hybridized carbons (Fsp3) is 0.435. The van der Waals surface area contributed by atoms with E-state index in [2.05, 4.69) is 35.9 Å². The Balaban J connectivity index is 1.58. The SMILES string of the molecule is Cc1ccc(CC(=O)N2C[C@H](c3ccc(F)cc3)[C@@H]3[C@H]2CCCN3C)cc1. The van der Waals surface area contributed by atoms with E-state index in [1.807, 2.05) is 24.3 Å². The molecule has 4 heteroatoms. The van der Waals surface area contributed by atoms with Gasteiger partial charge in [0.25, 0.3) is 0 Å². The molecule has 0 bridgehead atoms. The smallest absolute Gasteiger partial charge is 0.227 e. The van der Waals surface area contributed by atoms with E-state index in [9.17, 15) is 9.18 Å². The summed E-state index contributed by atoms with van der Waals surface area (Å²) in [7, 11) is 2.15. The van der Waals surface area contributed by atoms with Crippen LogP contribution in [0.2, 0.25) is 0 Å². The third-order valence-corrected chi connectivity index (χ3v) is 6.21. The van der Waals surface area contributed by atoms with Crippen LogP contribution in [0.15, 0.2) is 48.5 Å². The van der Waals surface area contributed by atoms with Gasteiger partial charge in [-0.1, -0.05) is 42.0 Å². The van der Waals surface area contributed by atoms with Crippen LogP contribution in [0.1, 0.15) is 35.4 Å². The second-order valence-electron chi connectivity index (χ2n) is 8.05. The van der Waals surface area contributed by atoms with E-state index in [-0.39, 0.29) is 23.7 Å². The normalized spacial score (nSPS) is 25.4. The molecule has 0 spiro atoms. The summed E-state index contributed by atoms with van der Waals surface area (Å²) in [6.45, 7) is 3.83. The number of benzene rings is 2. The molecule has 2 aromatic carbocycles. The minimum Gasteiger partial charge on any atom is -0.337 e. The molecule has 3 atom stereocenters. The van der Waals surface area contributed by atoms with Crippen LogP contribution >= 0.6 is 0 Å². The van der Waals surface area contributed by atoms with Gasteiger partial charge in [0.05, 0.1) is 6.42 Å². The quantitative estimate of drug-likeness (QED) is 0.826. The Morgan fingerprint density at radius 2 is 1.81 bits per heavy atom. The molecule has 1 amide bonds. The Kier molecular flexibility index (Phi) is 5.00. The van der Waals surface area contributed by atoms with Crippen LogP contribution in [0, 0.1) is 12.7 Å². The van der Waals surface area contributed by atoms with Crippen molar-refractivity contribution in [2.75, 3.05) is 20.1 Å². The Labute approximate surface area is 160 Å². The van der Waals surface area contributed by atoms with Crippen molar-refractivity contribution in [2.45, 2.75) is 44.2 Å². The maximum Gasteiger partial charge on any atom is 0.227 e. The van der Waals surface area contributed by atoms with Crippen LogP contribution in [0.4, 0.5) is 4.39 Å². The van der Waals surface area contributed by atoms with E-state index in [0.29, 0.717) is 12.5 Å². The van der Waals surface area contributed by atoms with Gasteiger partial charge in [-0.15, -0.1) is 0 Å². The highest BCUT2D eigenvalue weighted by molar-refractivity contribution is 5.80. The molecule has 3 nitrogen and oxygen atoms in total. The highest BCUT2D eigenvalue weighted by Crippen LogP contribution is 2.39. The number of fused-ring (bicyclic) bond motifs is 1. The predicted octanol–water partition coefficient (Wildman–Crippen LogP) is 3.77. The maximum absolute atomic E-state index is 13.4. The minimum absolute atomic E-state index is 0.203. The summed E-state index contributed by atoms with van der Waals surface area (Å²) in [5.41, 5.74) is 3.40. The van der Waals surface area contributed by atoms with Crippen molar-refractivity contribution >= 4 is 5.91 Å². The monoisotopic (exact) mass is 366 g/mol. The van der Waals surface area contributed by atoms with Gasteiger partial charge in [0.1, 0.15) is 5.82 Å². The topological polar surface area (TPSA) is 23.6 Å². The number of piperidine rings is 1. The maximum atomic E-state index is 13.4. The van der Waals surface area contributed by atoms with E-state index >= 15 is 0 Å². The highest BCUT2D eigenvalue weighted by Gasteiger charge is 2.47. The molecule has 0 radical (unpaired) electrons. The van der Waals surface area contributed by atoms with Crippen molar-refractivity contribution in [1.82, 2.24) is 9.80 Å². The number of likely N-dealkylation sites (tertiary alicyclic amines) is 2. The molecule has 2 fully saturated rings. The molecule has 2 heterocycles. The van der Waals surface area contributed by atoms with Gasteiger partial charge >= 0.3 is 0 Å². The summed E-state index contributed by atoms with van der Waals surface area (Å²) in [4.78, 5) is 17.6. The van der Waals surface area contributed by atoms with Crippen LogP contribution in [0.5, 0.6) is 0 Å². The van der Waals surface area contributed by atoms with Crippen LogP contribution < -0.4 is 0 Å². The van der Waals surface area contributed by atoms with Gasteiger partial charge in [0.15, 0.2) is 0 Å². The average molecular weight is 366 g/mol. The first-order chi connectivity index (χ1) is 13.0. The number of carbonyl (C=O) groups excluding carboxylic acids is 1. The molecule has 0 aromatic heterocycles. The number of likely N-dealkylation sites (N-methyl/N-ethyl adjacent to an activating group) is 1. The van der Waals surface area contributed by atoms with Gasteiger partial charge < -0.3 is 9.80 Å². The van der Waals surface area contributed by atoms with Crippen molar-refractivity contribution in [3.05, 3.63) is 71.0 Å². The molecular formula is C23H27FN2O. The Bertz CT molecular complexity index is 802. The molecule has 0 aliphatic carbocycles. The lowest BCUT2D eigenvalue weighted by Crippen LogP contribution is -2.50. The van der Waals surface area contributed by atoms with Gasteiger partial charge in [-0.3, -0.25) is 4.79 Å². The Hall–Kier alpha value is -2.20. The first-order valence-electron chi connectivity index (χ1n) is 9.83. The third-order valence-electron chi connectivity index (χ3n) is 6.21. The van der Waals surface area contributed by atoms with Crippen LogP contribution in [-0.4, -0.2) is 47.9 Å². The highest BCUT2D eigenvalue weighted by atomic mass is 19.1. The molecular weight excluding hydrogens is 339 g/mol. The number of hydrogen-bond donors (Lipinski definition) is 0. The van der Waals surface area contributed by atoms with Gasteiger partial charge in [0.2, 0.25) is 5.91 Å². The number of nitrogens with zero attached hydrogens (tertiary/aromatic N) is 2. The number of aryl methyl sites for hydroxylation is 1. The zero-order valence-electron chi connectivity index (χ0n) is 16.1. The summed E-state index contributed by atoms with van der Waals surface area (Å²) in [5, 5.41) is 0. The lowest BCUT2D eigenvalue weighted by molar-refractivity contribution is -0.132. The predicted molar refractivity (Wildman–Crippen MR) is 105 cm³/mol. The first-order valence-corrected chi connectivity index (χ1v) is 9.83. The van der Waals surface area contributed by atoms with Gasteiger partial charge in [-0.05, 0) is 56.6 Å². The molecule has 27 heavy (non-hydrogen) atoms. The standard InChI is InChI=1S/C23H27FN2O/c1-16-5-7-17(8-6-16)14-22(27)26-15-20(18-9-11-19(24)12-10-18)23-21(26)4-3-13-25(23)2/h5-12,20-21,23H,3-4,13-15H2,1-2H3/t20-,21-,23-/m1/s1. The molecule has 0 N–H and O–H groups in total. The Morgan fingerprint density at radius 1 is 1.11 bits per heavy atom. The van der Waals surface area contributed by atoms with Crippen LogP contribution in [0.25, 0.3) is 0 Å². The number of hydrogen-bond acceptors (Lipinski definition) is 2. The van der Waals surface area contributed by atoms with Crippen LogP contribution in [0.3, 0.4) is 0 Å². The minimum atomic E-state index is -0.211. The zero-order chi connectivity index (χ0) is 19.0. The van der Waals surface area contributed by atoms with Crippen molar-refractivity contribution in [3.63, 3.8) is 0 Å². The van der Waals surface area contributed by atoms with Crippen molar-refractivity contribution in [1.29, 1.82) is 0 Å². The number of halogens is 1. The molecule has 2 aromatic rings. The van der Waals surface area contributed by atoms with Gasteiger partial charge in [-0.25, -0.2) is 4.39 Å². The van der Waals surface area contributed by atoms with E-state index in [1.165, 1.54) is 17.7 Å². The summed E-state index contributed by atoms with van der Waals surface area (Å²) in [6.07, 6.45) is 2.61. The van der Waals surface area contributed by atoms with Crippen LogP contribution in [-0.2, 0) is 11.2 Å². The number of amides is 1. The molecule has 4 rings (SSSR count). The van der Waals surface area contributed by atoms with E-state index in [0.717, 1.165) is 37.1 Å². The Morgan fingerprint density at radius 3 is 2.52 bits per heavy atom. The molecule has 2 aliphatic rings. The summed E-state index contributed by atoms with van der Waals surface area (Å²) >= 11 is 0. The second kappa shape index (κ2) is 7.43. The fourth-order valence-electron chi connectivity index (χ4n) is 4.82. The lowest BCUT2D eigenvalue weighted by atomic mass is 9.86. The zero-order valence-corrected chi connectivity index (χ0v) is 16.1. The first kappa shape index (κ1) is 18.2. The van der Waals surface area contributed by atoms with Gasteiger partial charge in [-0.2, -0.15) is 0 Å². The molecule has 0 unspecified atom stereocenters. The number of rotatable bonds is 3. The molecule has 0 saturated carbocycles. The fourth-order valence-corrected chi connectivity index (χ4v) is 4.82. The lowest BCUT2D eigenvalue weighted by Gasteiger charge is -2.39. The summed E-state index contributed by atoms with van der Waals surface area (Å²) in [5.74, 6) is 0.231. The summed E-state index contributed by atoms with van der Waals surface area (Å²) in [6, 6.07) is 15.6. The summed E-state index contributed by atoms with van der Waals surface area (Å²) < 4.78 is 13.4. The largest absolute Gasteiger partial charge is 0.337 e. The van der Waals surface area contributed by atoms with Crippen molar-refractivity contribution < 1.29 is 9.18 Å². The van der Waals surface area contributed by atoms with E-state index in [4.69, 9.17) is 0 Å². The van der Waals surface area contributed by atoms with Crippen molar-refractivity contribution in [2.24, 2.45) is 0 Å². The van der Waals surface area contributed by atoms with E-state index in [1.54, 1.807) is 0 Å². The molecule has 142 valence electrons.